The monoisotopic (exact) mass is 837 g/mol. The summed E-state index contributed by atoms with van der Waals surface area (Å²) in [7, 11) is 0. The lowest BCUT2D eigenvalue weighted by Gasteiger charge is -2.28. The van der Waals surface area contributed by atoms with Crippen LogP contribution >= 0.6 is 12.6 Å². The van der Waals surface area contributed by atoms with Crippen LogP contribution in [0.4, 0.5) is 0 Å². The van der Waals surface area contributed by atoms with E-state index in [0.717, 1.165) is 0 Å². The molecule has 7 amide bonds. The molecule has 0 saturated heterocycles. The number of aliphatic carboxylic acids is 1. The first-order valence-corrected chi connectivity index (χ1v) is 19.3. The van der Waals surface area contributed by atoms with Gasteiger partial charge in [-0.05, 0) is 55.2 Å². The van der Waals surface area contributed by atoms with Gasteiger partial charge in [-0.25, -0.2) is 4.79 Å². The molecule has 22 heteroatoms. The molecular weight excluding hydrogens is 779 g/mol. The van der Waals surface area contributed by atoms with Crippen LogP contribution in [-0.4, -0.2) is 119 Å². The Kier molecular flexibility index (Phi) is 22.2. The summed E-state index contributed by atoms with van der Waals surface area (Å²) >= 11 is 4.10. The number of amides is 7. The van der Waals surface area contributed by atoms with Crippen LogP contribution in [0.25, 0.3) is 0 Å². The molecule has 16 N–H and O–H groups in total. The number of nitrogens with two attached hydrogens (primary N) is 3. The molecule has 1 aromatic carbocycles. The average Bonchev–Trinajstić information content (AvgIpc) is 3.14. The van der Waals surface area contributed by atoms with Crippen molar-refractivity contribution in [2.45, 2.75) is 102 Å². The normalized spacial score (nSPS) is 14.1. The summed E-state index contributed by atoms with van der Waals surface area (Å²) in [6, 6.07) is -2.28. The summed E-state index contributed by atoms with van der Waals surface area (Å²) in [5.41, 5.74) is 16.5. The van der Waals surface area contributed by atoms with Gasteiger partial charge in [0.2, 0.25) is 41.4 Å². The van der Waals surface area contributed by atoms with E-state index in [1.165, 1.54) is 24.3 Å². The summed E-state index contributed by atoms with van der Waals surface area (Å²) in [6.45, 7) is 6.50. The maximum Gasteiger partial charge on any atom is 0.326 e. The topological polar surface area (TPSA) is 363 Å². The van der Waals surface area contributed by atoms with Crippen LogP contribution in [-0.2, 0) is 44.8 Å². The third kappa shape index (κ3) is 19.0. The van der Waals surface area contributed by atoms with Gasteiger partial charge < -0.3 is 64.6 Å². The maximum absolute atomic E-state index is 14.1. The van der Waals surface area contributed by atoms with Gasteiger partial charge in [-0.2, -0.15) is 12.6 Å². The van der Waals surface area contributed by atoms with Gasteiger partial charge in [0.05, 0.1) is 6.54 Å². The molecule has 0 fully saturated rings. The number of carboxylic acid groups (broad SMARTS) is 1. The Morgan fingerprint density at radius 3 is 1.74 bits per heavy atom. The summed E-state index contributed by atoms with van der Waals surface area (Å²) in [6.07, 6.45) is -0.701. The fraction of sp³-hybridized carbons (Fsp3) is 0.583. The highest BCUT2D eigenvalue weighted by atomic mass is 32.1. The smallest absolute Gasteiger partial charge is 0.326 e. The van der Waals surface area contributed by atoms with Crippen LogP contribution in [0.3, 0.4) is 0 Å². The van der Waals surface area contributed by atoms with E-state index in [-0.39, 0.29) is 68.4 Å². The Morgan fingerprint density at radius 1 is 0.724 bits per heavy atom. The van der Waals surface area contributed by atoms with Gasteiger partial charge >= 0.3 is 5.97 Å². The van der Waals surface area contributed by atoms with Crippen LogP contribution in [0.15, 0.2) is 24.3 Å². The molecule has 1 aromatic rings. The van der Waals surface area contributed by atoms with E-state index < -0.39 is 96.0 Å². The van der Waals surface area contributed by atoms with Crippen LogP contribution in [0.1, 0.15) is 65.4 Å². The second kappa shape index (κ2) is 25.6. The van der Waals surface area contributed by atoms with Gasteiger partial charge in [0, 0.05) is 25.1 Å². The van der Waals surface area contributed by atoms with E-state index in [1.807, 2.05) is 0 Å². The molecular formula is C36H59N11O10S. The van der Waals surface area contributed by atoms with Crippen LogP contribution in [0, 0.1) is 17.2 Å². The number of carboxylic acids is 1. The highest BCUT2D eigenvalue weighted by Gasteiger charge is 2.34. The number of carbonyl (C=O) groups is 8. The van der Waals surface area contributed by atoms with Crippen LogP contribution < -0.4 is 54.4 Å². The van der Waals surface area contributed by atoms with Crippen molar-refractivity contribution in [1.29, 1.82) is 5.41 Å². The van der Waals surface area contributed by atoms with E-state index >= 15 is 0 Å². The van der Waals surface area contributed by atoms with E-state index in [0.29, 0.717) is 5.56 Å². The third-order valence-electron chi connectivity index (χ3n) is 8.53. The standard InChI is InChI=1S/C36H59N11O10S/c1-18(2)14-25(35(56)57)46-31(52)23(11-12-27(38)49)43-32(53)24(15-20-7-9-21(48)10-8-20)45-30(51)22(6-5-13-41-36(39)40)44-34(55)29(19(3)4)47-33(54)26(17-58)42-28(50)16-37/h7-10,18-19,22-26,29,48,58H,5-6,11-17,37H2,1-4H3,(H2,38,49)(H,42,50)(H,43,53)(H,44,55)(H,45,51)(H,46,52)(H,47,54)(H,56,57)(H4,39,40,41)/t22-,23-,24-,25-,26-,29-/m0/s1. The minimum absolute atomic E-state index is 0.0634. The summed E-state index contributed by atoms with van der Waals surface area (Å²) in [5.74, 6) is -8.17. The van der Waals surface area contributed by atoms with Crippen molar-refractivity contribution in [1.82, 2.24) is 37.2 Å². The zero-order valence-electron chi connectivity index (χ0n) is 33.1. The number of thiol groups is 1. The number of primary amides is 1. The number of phenolic OH excluding ortho intramolecular Hbond substituents is 1. The van der Waals surface area contributed by atoms with Crippen molar-refractivity contribution in [2.24, 2.45) is 29.0 Å². The fourth-order valence-corrected chi connectivity index (χ4v) is 5.70. The molecule has 6 atom stereocenters. The number of rotatable bonds is 26. The van der Waals surface area contributed by atoms with Gasteiger partial charge in [0.15, 0.2) is 5.96 Å². The lowest BCUT2D eigenvalue weighted by Crippen LogP contribution is -2.61. The number of hydrogen-bond acceptors (Lipinski definition) is 12. The number of carbonyl (C=O) groups excluding carboxylic acids is 7. The molecule has 0 spiro atoms. The SMILES string of the molecule is CC(C)C[C@H](NC(=O)[C@H](CCC(N)=O)NC(=O)[C@H](Cc1ccc(O)cc1)NC(=O)[C@H](CCCNC(=N)N)NC(=O)[C@@H](NC(=O)[C@H](CS)NC(=O)CN)C(C)C)C(=O)O. The Morgan fingerprint density at radius 2 is 1.24 bits per heavy atom. The van der Waals surface area contributed by atoms with Crippen molar-refractivity contribution < 1.29 is 48.6 Å². The van der Waals surface area contributed by atoms with Crippen molar-refractivity contribution in [3.8, 4) is 5.75 Å². The van der Waals surface area contributed by atoms with Crippen LogP contribution in [0.2, 0.25) is 0 Å². The molecule has 0 aromatic heterocycles. The molecule has 0 saturated carbocycles. The first-order valence-electron chi connectivity index (χ1n) is 18.7. The van der Waals surface area contributed by atoms with E-state index in [9.17, 15) is 48.6 Å². The van der Waals surface area contributed by atoms with Crippen molar-refractivity contribution in [2.75, 3.05) is 18.8 Å². The second-order valence-electron chi connectivity index (χ2n) is 14.3. The Labute approximate surface area is 342 Å². The Bertz CT molecular complexity index is 1600. The van der Waals surface area contributed by atoms with E-state index in [4.69, 9.17) is 22.6 Å². The predicted octanol–water partition coefficient (Wildman–Crippen LogP) is -2.95. The van der Waals surface area contributed by atoms with Gasteiger partial charge in [0.1, 0.15) is 42.0 Å². The zero-order chi connectivity index (χ0) is 44.1. The molecule has 0 aliphatic carbocycles. The summed E-state index contributed by atoms with van der Waals surface area (Å²) in [5, 5.41) is 44.6. The third-order valence-corrected chi connectivity index (χ3v) is 8.89. The van der Waals surface area contributed by atoms with Crippen molar-refractivity contribution >= 4 is 65.9 Å². The molecule has 0 bridgehead atoms. The lowest BCUT2D eigenvalue weighted by molar-refractivity contribution is -0.143. The number of aromatic hydroxyl groups is 1. The minimum atomic E-state index is -1.47. The highest BCUT2D eigenvalue weighted by molar-refractivity contribution is 7.80. The van der Waals surface area contributed by atoms with Gasteiger partial charge in [-0.15, -0.1) is 0 Å². The first kappa shape index (κ1) is 50.4. The molecule has 1 rings (SSSR count). The van der Waals surface area contributed by atoms with Gasteiger partial charge in [0.25, 0.3) is 0 Å². The number of phenols is 1. The molecule has 0 unspecified atom stereocenters. The number of nitrogens with one attached hydrogen (secondary N) is 8. The highest BCUT2D eigenvalue weighted by Crippen LogP contribution is 2.14. The molecule has 324 valence electrons. The minimum Gasteiger partial charge on any atom is -0.508 e. The average molecular weight is 838 g/mol. The van der Waals surface area contributed by atoms with Crippen molar-refractivity contribution in [3.05, 3.63) is 29.8 Å². The fourth-order valence-electron chi connectivity index (χ4n) is 5.44. The summed E-state index contributed by atoms with van der Waals surface area (Å²) in [4.78, 5) is 104. The van der Waals surface area contributed by atoms with Gasteiger partial charge in [-0.1, -0.05) is 39.8 Å². The van der Waals surface area contributed by atoms with Gasteiger partial charge in [-0.3, -0.25) is 39.0 Å². The summed E-state index contributed by atoms with van der Waals surface area (Å²) < 4.78 is 0. The molecule has 21 nitrogen and oxygen atoms in total. The largest absolute Gasteiger partial charge is 0.508 e. The Hall–Kier alpha value is -5.64. The predicted molar refractivity (Wildman–Crippen MR) is 216 cm³/mol. The zero-order valence-corrected chi connectivity index (χ0v) is 34.0. The van der Waals surface area contributed by atoms with Crippen molar-refractivity contribution in [3.63, 3.8) is 0 Å². The molecule has 0 aliphatic heterocycles. The Balaban J connectivity index is 3.52. The quantitative estimate of drug-likeness (QED) is 0.0192. The molecule has 0 aliphatic rings. The van der Waals surface area contributed by atoms with E-state index in [1.54, 1.807) is 27.7 Å². The molecule has 0 radical (unpaired) electrons. The number of guanidine groups is 1. The first-order chi connectivity index (χ1) is 27.2. The lowest BCUT2D eigenvalue weighted by atomic mass is 10.0. The molecule has 0 heterocycles. The number of hydrogen-bond donors (Lipinski definition) is 14. The second-order valence-corrected chi connectivity index (χ2v) is 14.7. The number of benzene rings is 1. The van der Waals surface area contributed by atoms with E-state index in [2.05, 4.69) is 49.8 Å². The molecule has 58 heavy (non-hydrogen) atoms. The van der Waals surface area contributed by atoms with Crippen LogP contribution in [0.5, 0.6) is 5.75 Å². The maximum atomic E-state index is 14.1.